The van der Waals surface area contributed by atoms with Crippen molar-refractivity contribution >= 4 is 29.0 Å². The highest BCUT2D eigenvalue weighted by Crippen LogP contribution is 2.39. The van der Waals surface area contributed by atoms with E-state index in [1.807, 2.05) is 27.7 Å². The number of aliphatic hydroxyl groups is 1. The maximum absolute atomic E-state index is 13.9. The van der Waals surface area contributed by atoms with Crippen LogP contribution in [-0.2, 0) is 0 Å². The molecule has 3 heterocycles. The van der Waals surface area contributed by atoms with Crippen LogP contribution in [0.1, 0.15) is 98.5 Å². The molecule has 0 bridgehead atoms. The van der Waals surface area contributed by atoms with Crippen molar-refractivity contribution in [3.63, 3.8) is 0 Å². The standard InChI is InChI=1S/C20H24F3N5O2S.C5H10O/c1-10-6-5-7-28(10)19(30)14-15(31-18(25-14)17(29)27-23)12-9-24-13(26-20(2,3)4)8-11(12)16(21)22;6-5-3-1-2-4-5/h8-10,16H,5-7H2,1-4H3,(H,24,26)(H,27,29);5-6H,1-4H2. The maximum atomic E-state index is 13.9. The number of rotatable bonds is 5. The molecule has 1 saturated carbocycles. The highest BCUT2D eigenvalue weighted by Gasteiger charge is 2.33. The third-order valence-corrected chi connectivity index (χ3v) is 7.25. The number of hydrogen-bond donors (Lipinski definition) is 3. The Hall–Kier alpha value is -2.73. The Bertz CT molecular complexity index is 1100. The van der Waals surface area contributed by atoms with Crippen LogP contribution in [0.25, 0.3) is 10.4 Å². The van der Waals surface area contributed by atoms with Gasteiger partial charge < -0.3 is 15.3 Å². The molecule has 0 aromatic carbocycles. The Labute approximate surface area is 218 Å². The van der Waals surface area contributed by atoms with Gasteiger partial charge in [0.15, 0.2) is 5.01 Å². The van der Waals surface area contributed by atoms with E-state index >= 15 is 0 Å². The van der Waals surface area contributed by atoms with Crippen LogP contribution in [0.2, 0.25) is 0 Å². The van der Waals surface area contributed by atoms with Crippen molar-refractivity contribution in [2.24, 2.45) is 0 Å². The summed E-state index contributed by atoms with van der Waals surface area (Å²) in [5, 5.41) is 11.4. The lowest BCUT2D eigenvalue weighted by atomic mass is 10.1. The number of alkyl halides is 2. The van der Waals surface area contributed by atoms with E-state index < -0.39 is 23.8 Å². The molecular weight excluding hydrogens is 507 g/mol. The smallest absolute Gasteiger partial charge is 0.307 e. The fourth-order valence-corrected chi connectivity index (χ4v) is 5.33. The van der Waals surface area contributed by atoms with Crippen LogP contribution in [0.5, 0.6) is 0 Å². The Balaban J connectivity index is 0.000000555. The number of anilines is 1. The van der Waals surface area contributed by atoms with E-state index in [0.29, 0.717) is 17.9 Å². The minimum absolute atomic E-state index is 0.0138. The summed E-state index contributed by atoms with van der Waals surface area (Å²) in [5.41, 5.74) is 0.0392. The molecule has 204 valence electrons. The largest absolute Gasteiger partial charge is 0.393 e. The summed E-state index contributed by atoms with van der Waals surface area (Å²) in [4.78, 5) is 34.8. The monoisotopic (exact) mass is 541 g/mol. The quantitative estimate of drug-likeness (QED) is 0.431. The van der Waals surface area contributed by atoms with Crippen LogP contribution in [0.15, 0.2) is 12.3 Å². The fourth-order valence-electron chi connectivity index (χ4n) is 4.35. The van der Waals surface area contributed by atoms with Crippen molar-refractivity contribution in [1.29, 1.82) is 0 Å². The van der Waals surface area contributed by atoms with E-state index in [4.69, 9.17) is 5.11 Å². The number of carbonyl (C=O) groups is 2. The first kappa shape index (κ1) is 28.8. The SMILES string of the molecule is CC1CCCN1C(=O)c1nc(C(=O)NF)sc1-c1cnc(NC(C)(C)C)cc1C(F)F.OC1CCCC1. The predicted octanol–water partition coefficient (Wildman–Crippen LogP) is 5.51. The van der Waals surface area contributed by atoms with Gasteiger partial charge in [-0.15, -0.1) is 11.3 Å². The molecule has 37 heavy (non-hydrogen) atoms. The van der Waals surface area contributed by atoms with Gasteiger partial charge in [0.2, 0.25) is 0 Å². The van der Waals surface area contributed by atoms with E-state index in [9.17, 15) is 22.9 Å². The molecule has 1 aliphatic heterocycles. The zero-order valence-corrected chi connectivity index (χ0v) is 22.3. The molecule has 12 heteroatoms. The maximum Gasteiger partial charge on any atom is 0.307 e. The molecule has 1 unspecified atom stereocenters. The normalized spacial score (nSPS) is 18.1. The molecular formula is C25H34F3N5O3S. The number of thiazole rings is 1. The topological polar surface area (TPSA) is 107 Å². The first-order valence-corrected chi connectivity index (χ1v) is 13.2. The molecule has 0 spiro atoms. The first-order valence-electron chi connectivity index (χ1n) is 12.4. The average molecular weight is 542 g/mol. The van der Waals surface area contributed by atoms with Gasteiger partial charge in [-0.1, -0.05) is 17.3 Å². The summed E-state index contributed by atoms with van der Waals surface area (Å²) in [7, 11) is 0. The molecule has 4 rings (SSSR count). The second-order valence-corrected chi connectivity index (χ2v) is 11.4. The van der Waals surface area contributed by atoms with Crippen LogP contribution < -0.4 is 10.9 Å². The Morgan fingerprint density at radius 1 is 1.19 bits per heavy atom. The molecule has 2 fully saturated rings. The minimum atomic E-state index is -2.87. The molecule has 2 aromatic rings. The third kappa shape index (κ3) is 7.41. The molecule has 1 aliphatic carbocycles. The molecule has 3 N–H and O–H groups in total. The number of nitrogens with zero attached hydrogens (tertiary/aromatic N) is 3. The lowest BCUT2D eigenvalue weighted by Crippen LogP contribution is -2.34. The number of aliphatic hydroxyl groups excluding tert-OH is 1. The van der Waals surface area contributed by atoms with Crippen LogP contribution >= 0.6 is 11.3 Å². The van der Waals surface area contributed by atoms with Crippen LogP contribution in [0.4, 0.5) is 19.1 Å². The van der Waals surface area contributed by atoms with Gasteiger partial charge in [-0.2, -0.15) is 5.54 Å². The van der Waals surface area contributed by atoms with Gasteiger partial charge in [0.05, 0.1) is 11.0 Å². The Morgan fingerprint density at radius 3 is 2.35 bits per heavy atom. The fraction of sp³-hybridized carbons (Fsp3) is 0.600. The molecule has 1 saturated heterocycles. The van der Waals surface area contributed by atoms with Crippen molar-refractivity contribution in [3.8, 4) is 10.4 Å². The Kier molecular flexibility index (Phi) is 9.51. The average Bonchev–Trinajstić information content (AvgIpc) is 3.58. The first-order chi connectivity index (χ1) is 17.4. The zero-order valence-electron chi connectivity index (χ0n) is 21.5. The lowest BCUT2D eigenvalue weighted by Gasteiger charge is -2.23. The highest BCUT2D eigenvalue weighted by atomic mass is 32.1. The van der Waals surface area contributed by atoms with E-state index in [2.05, 4.69) is 15.3 Å². The summed E-state index contributed by atoms with van der Waals surface area (Å²) >= 11 is 0.680. The van der Waals surface area contributed by atoms with Crippen molar-refractivity contribution in [2.45, 2.75) is 90.3 Å². The number of nitrogens with one attached hydrogen (secondary N) is 2. The number of likely N-dealkylation sites (tertiary alicyclic amines) is 1. The summed E-state index contributed by atoms with van der Waals surface area (Å²) in [6, 6.07) is 1.17. The number of carbonyl (C=O) groups excluding carboxylic acids is 2. The van der Waals surface area contributed by atoms with Gasteiger partial charge in [-0.25, -0.2) is 18.7 Å². The van der Waals surface area contributed by atoms with Crippen molar-refractivity contribution in [2.75, 3.05) is 11.9 Å². The van der Waals surface area contributed by atoms with Gasteiger partial charge in [0.1, 0.15) is 11.5 Å². The number of aromatic nitrogens is 2. The van der Waals surface area contributed by atoms with Gasteiger partial charge in [0.25, 0.3) is 12.3 Å². The summed E-state index contributed by atoms with van der Waals surface area (Å²) in [6.45, 7) is 7.97. The number of amides is 2. The molecule has 0 radical (unpaired) electrons. The Morgan fingerprint density at radius 2 is 1.86 bits per heavy atom. The summed E-state index contributed by atoms with van der Waals surface area (Å²) < 4.78 is 40.6. The van der Waals surface area contributed by atoms with Crippen LogP contribution in [0, 0.1) is 0 Å². The number of hydrogen-bond acceptors (Lipinski definition) is 7. The molecule has 2 amide bonds. The van der Waals surface area contributed by atoms with E-state index in [1.54, 1.807) is 4.90 Å². The summed E-state index contributed by atoms with van der Waals surface area (Å²) in [6.07, 6.45) is 4.58. The number of halogens is 3. The second kappa shape index (κ2) is 12.2. The lowest BCUT2D eigenvalue weighted by molar-refractivity contribution is 0.0742. The van der Waals surface area contributed by atoms with Crippen molar-refractivity contribution in [3.05, 3.63) is 28.5 Å². The van der Waals surface area contributed by atoms with Crippen molar-refractivity contribution in [1.82, 2.24) is 20.4 Å². The van der Waals surface area contributed by atoms with Crippen LogP contribution in [0.3, 0.4) is 0 Å². The van der Waals surface area contributed by atoms with Crippen LogP contribution in [-0.4, -0.2) is 56.0 Å². The highest BCUT2D eigenvalue weighted by molar-refractivity contribution is 7.17. The van der Waals surface area contributed by atoms with E-state index in [1.165, 1.54) is 25.1 Å². The second-order valence-electron chi connectivity index (χ2n) is 10.4. The molecule has 2 aromatic heterocycles. The minimum Gasteiger partial charge on any atom is -0.393 e. The predicted molar refractivity (Wildman–Crippen MR) is 136 cm³/mol. The zero-order chi connectivity index (χ0) is 27.3. The van der Waals surface area contributed by atoms with Gasteiger partial charge in [-0.3, -0.25) is 9.59 Å². The van der Waals surface area contributed by atoms with Gasteiger partial charge in [0, 0.05) is 35.4 Å². The van der Waals surface area contributed by atoms with E-state index in [-0.39, 0.29) is 44.7 Å². The third-order valence-electron chi connectivity index (χ3n) is 6.17. The molecule has 1 atom stereocenters. The van der Waals surface area contributed by atoms with Gasteiger partial charge in [-0.05, 0) is 59.4 Å². The number of pyridine rings is 1. The van der Waals surface area contributed by atoms with Crippen molar-refractivity contribution < 1.29 is 28.0 Å². The summed E-state index contributed by atoms with van der Waals surface area (Å²) in [5.74, 6) is -1.37. The van der Waals surface area contributed by atoms with E-state index in [0.717, 1.165) is 31.2 Å². The molecule has 8 nitrogen and oxygen atoms in total. The van der Waals surface area contributed by atoms with Gasteiger partial charge >= 0.3 is 5.91 Å². The molecule has 2 aliphatic rings.